The molecule has 0 saturated carbocycles. The number of amides is 1. The molecular weight excluding hydrogens is 412 g/mol. The van der Waals surface area contributed by atoms with E-state index < -0.39 is 25.1 Å². The largest absolute Gasteiger partial charge is 0.495 e. The lowest BCUT2D eigenvalue weighted by atomic mass is 10.1. The molecule has 0 aliphatic rings. The number of halogens is 3. The minimum atomic E-state index is -2.93. The molecule has 0 fully saturated rings. The number of hydrogen-bond donors (Lipinski definition) is 1. The molecule has 0 aromatic heterocycles. The van der Waals surface area contributed by atoms with Gasteiger partial charge < -0.3 is 24.3 Å². The van der Waals surface area contributed by atoms with Crippen molar-refractivity contribution in [2.75, 3.05) is 26.1 Å². The third-order valence-electron chi connectivity index (χ3n) is 3.61. The topological polar surface area (TPSA) is 83.1 Å². The third-order valence-corrected chi connectivity index (χ3v) is 3.90. The van der Waals surface area contributed by atoms with Crippen LogP contribution in [0, 0.1) is 0 Å². The molecule has 10 heteroatoms. The van der Waals surface area contributed by atoms with Crippen LogP contribution in [0.25, 0.3) is 0 Å². The summed E-state index contributed by atoms with van der Waals surface area (Å²) in [4.78, 5) is 23.9. The van der Waals surface area contributed by atoms with Crippen molar-refractivity contribution >= 4 is 29.2 Å². The fraction of sp³-hybridized carbons (Fsp3) is 0.263. The molecule has 0 saturated heterocycles. The predicted molar refractivity (Wildman–Crippen MR) is 101 cm³/mol. The lowest BCUT2D eigenvalue weighted by molar-refractivity contribution is -0.146. The summed E-state index contributed by atoms with van der Waals surface area (Å²) in [6.45, 7) is -3.46. The van der Waals surface area contributed by atoms with E-state index in [-0.39, 0.29) is 22.9 Å². The van der Waals surface area contributed by atoms with Gasteiger partial charge in [0.05, 0.1) is 31.4 Å². The quantitative estimate of drug-likeness (QED) is 0.612. The van der Waals surface area contributed by atoms with Gasteiger partial charge in [0.1, 0.15) is 17.2 Å². The SMILES string of the molecule is COc1cc(OC)c(NC(=O)COC(=O)Cc2ccc(OC(F)F)cc2)cc1Cl. The maximum Gasteiger partial charge on any atom is 0.387 e. The number of methoxy groups -OCH3 is 2. The Balaban J connectivity index is 1.87. The van der Waals surface area contributed by atoms with Crippen molar-refractivity contribution < 1.29 is 37.3 Å². The molecule has 0 unspecified atom stereocenters. The van der Waals surface area contributed by atoms with Crippen LogP contribution in [0.15, 0.2) is 36.4 Å². The van der Waals surface area contributed by atoms with Crippen LogP contribution in [0.5, 0.6) is 17.2 Å². The zero-order valence-electron chi connectivity index (χ0n) is 15.5. The highest BCUT2D eigenvalue weighted by atomic mass is 35.5. The van der Waals surface area contributed by atoms with Crippen molar-refractivity contribution in [1.82, 2.24) is 0 Å². The zero-order valence-corrected chi connectivity index (χ0v) is 16.3. The molecule has 0 bridgehead atoms. The van der Waals surface area contributed by atoms with E-state index in [4.69, 9.17) is 25.8 Å². The summed E-state index contributed by atoms with van der Waals surface area (Å²) in [5.74, 6) is -0.598. The monoisotopic (exact) mass is 429 g/mol. The maximum absolute atomic E-state index is 12.1. The van der Waals surface area contributed by atoms with Gasteiger partial charge in [-0.25, -0.2) is 0 Å². The summed E-state index contributed by atoms with van der Waals surface area (Å²) < 4.78 is 43.6. The highest BCUT2D eigenvalue weighted by Crippen LogP contribution is 2.35. The molecule has 0 spiro atoms. The average Bonchev–Trinajstić information content (AvgIpc) is 2.68. The van der Waals surface area contributed by atoms with Crippen LogP contribution >= 0.6 is 11.6 Å². The van der Waals surface area contributed by atoms with E-state index in [1.54, 1.807) is 0 Å². The minimum Gasteiger partial charge on any atom is -0.495 e. The Labute approximate surface area is 170 Å². The van der Waals surface area contributed by atoms with Crippen LogP contribution in [-0.2, 0) is 20.7 Å². The first-order chi connectivity index (χ1) is 13.8. The number of esters is 1. The normalized spacial score (nSPS) is 10.4. The van der Waals surface area contributed by atoms with Crippen molar-refractivity contribution in [3.63, 3.8) is 0 Å². The molecule has 0 atom stereocenters. The molecule has 0 aliphatic carbocycles. The van der Waals surface area contributed by atoms with Crippen LogP contribution in [0.4, 0.5) is 14.5 Å². The van der Waals surface area contributed by atoms with Crippen LogP contribution in [-0.4, -0.2) is 39.3 Å². The standard InChI is InChI=1S/C19H18ClF2NO6/c1-26-15-9-16(27-2)14(8-13(15)20)23-17(24)10-28-18(25)7-11-3-5-12(6-4-11)29-19(21)22/h3-6,8-9,19H,7,10H2,1-2H3,(H,23,24). The Bertz CT molecular complexity index is 861. The number of alkyl halides is 2. The predicted octanol–water partition coefficient (Wildman–Crippen LogP) is 3.68. The molecule has 156 valence electrons. The first-order valence-electron chi connectivity index (χ1n) is 8.23. The van der Waals surface area contributed by atoms with E-state index in [1.807, 2.05) is 0 Å². The van der Waals surface area contributed by atoms with Crippen LogP contribution in [0.2, 0.25) is 5.02 Å². The summed E-state index contributed by atoms with van der Waals surface area (Å²) in [5.41, 5.74) is 0.801. The van der Waals surface area contributed by atoms with Gasteiger partial charge >= 0.3 is 12.6 Å². The van der Waals surface area contributed by atoms with Gasteiger partial charge in [-0.2, -0.15) is 8.78 Å². The second-order valence-electron chi connectivity index (χ2n) is 5.60. The van der Waals surface area contributed by atoms with Crippen molar-refractivity contribution in [1.29, 1.82) is 0 Å². The van der Waals surface area contributed by atoms with E-state index in [1.165, 1.54) is 50.6 Å². The van der Waals surface area contributed by atoms with Gasteiger partial charge in [0, 0.05) is 6.07 Å². The molecule has 29 heavy (non-hydrogen) atoms. The molecule has 2 aromatic rings. The lowest BCUT2D eigenvalue weighted by Gasteiger charge is -2.13. The number of ether oxygens (including phenoxy) is 4. The fourth-order valence-electron chi connectivity index (χ4n) is 2.30. The third kappa shape index (κ3) is 6.79. The number of benzene rings is 2. The molecule has 0 heterocycles. The summed E-state index contributed by atoms with van der Waals surface area (Å²) in [6.07, 6.45) is -0.139. The Morgan fingerprint density at radius 3 is 2.31 bits per heavy atom. The Morgan fingerprint density at radius 2 is 1.72 bits per heavy atom. The minimum absolute atomic E-state index is 0.0244. The fourth-order valence-corrected chi connectivity index (χ4v) is 2.54. The van der Waals surface area contributed by atoms with Crippen LogP contribution < -0.4 is 19.5 Å². The van der Waals surface area contributed by atoms with Crippen LogP contribution in [0.3, 0.4) is 0 Å². The Morgan fingerprint density at radius 1 is 1.07 bits per heavy atom. The highest BCUT2D eigenvalue weighted by Gasteiger charge is 2.14. The molecular formula is C19H18ClF2NO6. The Hall–Kier alpha value is -3.07. The van der Waals surface area contributed by atoms with Gasteiger partial charge in [0.2, 0.25) is 0 Å². The number of carbonyl (C=O) groups excluding carboxylic acids is 2. The van der Waals surface area contributed by atoms with Crippen LogP contribution in [0.1, 0.15) is 5.56 Å². The first-order valence-corrected chi connectivity index (χ1v) is 8.61. The summed E-state index contributed by atoms with van der Waals surface area (Å²) in [5, 5.41) is 2.79. The van der Waals surface area contributed by atoms with Gasteiger partial charge in [-0.3, -0.25) is 9.59 Å². The van der Waals surface area contributed by atoms with Gasteiger partial charge in [0.15, 0.2) is 6.61 Å². The Kier molecular flexibility index (Phi) is 8.02. The lowest BCUT2D eigenvalue weighted by Crippen LogP contribution is -2.22. The van der Waals surface area contributed by atoms with Crippen molar-refractivity contribution in [2.45, 2.75) is 13.0 Å². The molecule has 2 rings (SSSR count). The van der Waals surface area contributed by atoms with Gasteiger partial charge in [-0.15, -0.1) is 0 Å². The molecule has 0 radical (unpaired) electrons. The smallest absolute Gasteiger partial charge is 0.387 e. The van der Waals surface area contributed by atoms with Gasteiger partial charge in [-0.05, 0) is 23.8 Å². The molecule has 1 amide bonds. The van der Waals surface area contributed by atoms with E-state index in [0.29, 0.717) is 17.1 Å². The van der Waals surface area contributed by atoms with E-state index in [9.17, 15) is 18.4 Å². The molecule has 0 aliphatic heterocycles. The average molecular weight is 430 g/mol. The van der Waals surface area contributed by atoms with Crippen molar-refractivity contribution in [2.24, 2.45) is 0 Å². The molecule has 7 nitrogen and oxygen atoms in total. The zero-order chi connectivity index (χ0) is 21.4. The molecule has 1 N–H and O–H groups in total. The number of hydrogen-bond acceptors (Lipinski definition) is 6. The molecule has 2 aromatic carbocycles. The van der Waals surface area contributed by atoms with E-state index in [2.05, 4.69) is 10.1 Å². The van der Waals surface area contributed by atoms with Gasteiger partial charge in [0.25, 0.3) is 5.91 Å². The van der Waals surface area contributed by atoms with Gasteiger partial charge in [-0.1, -0.05) is 23.7 Å². The summed E-state index contributed by atoms with van der Waals surface area (Å²) in [6, 6.07) is 8.46. The maximum atomic E-state index is 12.1. The summed E-state index contributed by atoms with van der Waals surface area (Å²) in [7, 11) is 2.85. The van der Waals surface area contributed by atoms with Crippen molar-refractivity contribution in [3.05, 3.63) is 47.0 Å². The number of anilines is 1. The first kappa shape index (κ1) is 22.2. The van der Waals surface area contributed by atoms with E-state index >= 15 is 0 Å². The number of carbonyl (C=O) groups is 2. The summed E-state index contributed by atoms with van der Waals surface area (Å²) >= 11 is 6.03. The second kappa shape index (κ2) is 10.5. The number of nitrogens with one attached hydrogen (secondary N) is 1. The van der Waals surface area contributed by atoms with E-state index in [0.717, 1.165) is 0 Å². The second-order valence-corrected chi connectivity index (χ2v) is 6.00. The number of rotatable bonds is 9. The highest BCUT2D eigenvalue weighted by molar-refractivity contribution is 6.32. The van der Waals surface area contributed by atoms with Crippen molar-refractivity contribution in [3.8, 4) is 17.2 Å².